The molecule has 9 N–H and O–H groups in total. The molecule has 0 spiro atoms. The van der Waals surface area contributed by atoms with E-state index >= 15 is 0 Å². The standard InChI is InChI=1S/C57H62N12O9S/c1-2-77-55(73)49-50(71)48(79-54(49)63-41-6-4-3-5-7-41)33-37-8-17-47(46(70)32-37)78-31-28-69-25-23-68(24-26-69)27-30-76-29-22-62-53(72)40-34-44(66-56(74)64-42-13-9-38(10-14-42)51-58-18-19-59-51)36-45(35-40)67-57(75)65-43-15-11-39(12-16-43)52-60-20-21-61-52/h3-17,32-36,70-71H,2,18-31H2,1H3,(H,58,59)(H,60,61)(H,62,72)(H2,64,66,74)(H2,65,67,75)/b48-33-,63-54?. The lowest BCUT2D eigenvalue weighted by Crippen LogP contribution is -2.48. The molecule has 5 aromatic carbocycles. The average Bonchev–Trinajstić information content (AvgIpc) is 4.31. The van der Waals surface area contributed by atoms with Crippen molar-refractivity contribution in [2.45, 2.75) is 6.92 Å². The van der Waals surface area contributed by atoms with Crippen molar-refractivity contribution < 1.29 is 43.6 Å². The number of amidine groups is 2. The smallest absolute Gasteiger partial charge is 0.344 e. The monoisotopic (exact) mass is 1090 g/mol. The lowest BCUT2D eigenvalue weighted by molar-refractivity contribution is -0.138. The quantitative estimate of drug-likeness (QED) is 0.0264. The third-order valence-corrected chi connectivity index (χ3v) is 13.8. The number of hydrogen-bond donors (Lipinski definition) is 9. The number of rotatable bonds is 21. The number of urea groups is 2. The van der Waals surface area contributed by atoms with Gasteiger partial charge in [0, 0.05) is 98.3 Å². The van der Waals surface area contributed by atoms with Gasteiger partial charge in [0.25, 0.3) is 5.91 Å². The van der Waals surface area contributed by atoms with E-state index in [0.29, 0.717) is 77.7 Å². The van der Waals surface area contributed by atoms with Gasteiger partial charge < -0.3 is 61.6 Å². The van der Waals surface area contributed by atoms with Crippen LogP contribution >= 0.6 is 11.8 Å². The summed E-state index contributed by atoms with van der Waals surface area (Å²) in [5.74, 6) is 0.559. The number of para-hydroxylation sites is 1. The van der Waals surface area contributed by atoms with E-state index in [2.05, 4.69) is 62.0 Å². The number of hydrogen-bond acceptors (Lipinski definition) is 17. The Bertz CT molecular complexity index is 3060. The minimum atomic E-state index is -0.669. The lowest BCUT2D eigenvalue weighted by Gasteiger charge is -2.34. The van der Waals surface area contributed by atoms with E-state index in [4.69, 9.17) is 14.2 Å². The van der Waals surface area contributed by atoms with E-state index < -0.39 is 23.9 Å². The molecule has 5 aromatic rings. The molecule has 22 heteroatoms. The summed E-state index contributed by atoms with van der Waals surface area (Å²) >= 11 is 1.14. The predicted molar refractivity (Wildman–Crippen MR) is 308 cm³/mol. The number of piperazine rings is 1. The molecule has 4 aliphatic heterocycles. The van der Waals surface area contributed by atoms with E-state index in [-0.39, 0.29) is 53.8 Å². The number of amides is 5. The molecule has 0 aromatic heterocycles. The van der Waals surface area contributed by atoms with Crippen molar-refractivity contribution in [3.8, 4) is 11.5 Å². The molecule has 21 nitrogen and oxygen atoms in total. The number of anilines is 4. The fourth-order valence-corrected chi connectivity index (χ4v) is 9.80. The summed E-state index contributed by atoms with van der Waals surface area (Å²) < 4.78 is 17.1. The van der Waals surface area contributed by atoms with Crippen LogP contribution in [0.2, 0.25) is 0 Å². The second kappa shape index (κ2) is 27.1. The highest BCUT2D eigenvalue weighted by atomic mass is 32.2. The molecule has 0 saturated carbocycles. The number of nitrogens with zero attached hydrogens (tertiary/aromatic N) is 5. The van der Waals surface area contributed by atoms with E-state index in [1.54, 1.807) is 73.7 Å². The van der Waals surface area contributed by atoms with E-state index in [1.807, 2.05) is 42.5 Å². The van der Waals surface area contributed by atoms with Crippen LogP contribution in [0.3, 0.4) is 0 Å². The molecule has 410 valence electrons. The highest BCUT2D eigenvalue weighted by Gasteiger charge is 2.33. The van der Waals surface area contributed by atoms with Crippen LogP contribution < -0.4 is 42.0 Å². The summed E-state index contributed by atoms with van der Waals surface area (Å²) in [6, 6.07) is 32.2. The number of esters is 1. The average molecular weight is 1090 g/mol. The van der Waals surface area contributed by atoms with E-state index in [0.717, 1.165) is 73.8 Å². The van der Waals surface area contributed by atoms with Crippen LogP contribution in [0.15, 0.2) is 146 Å². The van der Waals surface area contributed by atoms with Crippen molar-refractivity contribution in [2.24, 2.45) is 15.0 Å². The Morgan fingerprint density at radius 1 is 0.696 bits per heavy atom. The molecule has 0 aliphatic carbocycles. The summed E-state index contributed by atoms with van der Waals surface area (Å²) in [4.78, 5) is 71.2. The molecule has 1 saturated heterocycles. The van der Waals surface area contributed by atoms with Gasteiger partial charge >= 0.3 is 18.0 Å². The van der Waals surface area contributed by atoms with Crippen LogP contribution in [0.4, 0.5) is 38.0 Å². The van der Waals surface area contributed by atoms with Gasteiger partial charge in [-0.3, -0.25) is 24.6 Å². The van der Waals surface area contributed by atoms with Gasteiger partial charge in [-0.25, -0.2) is 19.4 Å². The topological polar surface area (TPSA) is 264 Å². The van der Waals surface area contributed by atoms with Crippen LogP contribution in [-0.4, -0.2) is 159 Å². The summed E-state index contributed by atoms with van der Waals surface area (Å²) in [6.45, 7) is 10.8. The van der Waals surface area contributed by atoms with Crippen molar-refractivity contribution >= 4 is 86.9 Å². The largest absolute Gasteiger partial charge is 0.506 e. The zero-order chi connectivity index (χ0) is 54.9. The molecule has 9 rings (SSSR count). The van der Waals surface area contributed by atoms with Crippen LogP contribution in [0.5, 0.6) is 11.5 Å². The van der Waals surface area contributed by atoms with Gasteiger partial charge in [0.05, 0.1) is 43.5 Å². The van der Waals surface area contributed by atoms with Crippen molar-refractivity contribution in [1.82, 2.24) is 25.8 Å². The third-order valence-electron chi connectivity index (χ3n) is 12.7. The molecule has 79 heavy (non-hydrogen) atoms. The number of phenols is 1. The molecule has 0 bridgehead atoms. The Morgan fingerprint density at radius 2 is 1.28 bits per heavy atom. The summed E-state index contributed by atoms with van der Waals surface area (Å²) in [5, 5.41) is 42.8. The van der Waals surface area contributed by atoms with Gasteiger partial charge in [-0.05, 0) is 110 Å². The number of aliphatic hydroxyl groups is 1. The Balaban J connectivity index is 0.704. The first kappa shape index (κ1) is 55.1. The zero-order valence-corrected chi connectivity index (χ0v) is 44.4. The number of nitrogens with one attached hydrogen (secondary N) is 7. The Hall–Kier alpha value is -8.70. The summed E-state index contributed by atoms with van der Waals surface area (Å²) in [7, 11) is 0. The van der Waals surface area contributed by atoms with Crippen molar-refractivity contribution in [1.29, 1.82) is 0 Å². The van der Waals surface area contributed by atoms with Gasteiger partial charge in [-0.1, -0.05) is 36.0 Å². The van der Waals surface area contributed by atoms with Crippen LogP contribution in [0.25, 0.3) is 6.08 Å². The first-order valence-electron chi connectivity index (χ1n) is 26.0. The number of aromatic hydroxyl groups is 1. The van der Waals surface area contributed by atoms with E-state index in [9.17, 15) is 29.4 Å². The zero-order valence-electron chi connectivity index (χ0n) is 43.6. The number of aliphatic hydroxyl groups excluding tert-OH is 1. The number of carbonyl (C=O) groups is 4. The molecule has 4 heterocycles. The Morgan fingerprint density at radius 3 is 1.84 bits per heavy atom. The maximum Gasteiger partial charge on any atom is 0.344 e. The summed E-state index contributed by atoms with van der Waals surface area (Å²) in [6.07, 6.45) is 1.67. The minimum Gasteiger partial charge on any atom is -0.506 e. The van der Waals surface area contributed by atoms with Crippen molar-refractivity contribution in [3.05, 3.63) is 154 Å². The number of carbonyl (C=O) groups excluding carboxylic acids is 4. The maximum absolute atomic E-state index is 13.5. The SMILES string of the molecule is CCOC(=O)C1=C(O)/C(=C/c2ccc(OCCN3CCN(CCOCCNC(=O)c4cc(NC(=O)Nc5ccc(C6=NCCN6)cc5)cc(NC(=O)Nc5ccc(C6=NCCN6)cc5)c4)CC3)c(O)c2)SC1=Nc1ccccc1. The third kappa shape index (κ3) is 15.5. The highest BCUT2D eigenvalue weighted by molar-refractivity contribution is 8.18. The normalized spacial score (nSPS) is 16.4. The highest BCUT2D eigenvalue weighted by Crippen LogP contribution is 2.41. The number of ether oxygens (including phenoxy) is 3. The van der Waals surface area contributed by atoms with Gasteiger partial charge in [0.15, 0.2) is 11.5 Å². The van der Waals surface area contributed by atoms with Crippen molar-refractivity contribution in [3.63, 3.8) is 0 Å². The molecular formula is C57H62N12O9S. The fraction of sp³-hybridized carbons (Fsp3) is 0.281. The molecule has 4 aliphatic rings. The first-order chi connectivity index (χ1) is 38.5. The number of aliphatic imine (C=N–C) groups is 3. The van der Waals surface area contributed by atoms with Crippen LogP contribution in [0, 0.1) is 0 Å². The molecule has 1 fully saturated rings. The Labute approximate surface area is 461 Å². The fourth-order valence-electron chi connectivity index (χ4n) is 8.76. The Kier molecular flexibility index (Phi) is 18.9. The van der Waals surface area contributed by atoms with Crippen LogP contribution in [-0.2, 0) is 14.3 Å². The second-order valence-electron chi connectivity index (χ2n) is 18.4. The lowest BCUT2D eigenvalue weighted by atomic mass is 10.1. The number of phenolic OH excluding ortho intramolecular Hbond substituents is 1. The number of thioether (sulfide) groups is 1. The molecule has 5 amide bonds. The molecule has 0 radical (unpaired) electrons. The van der Waals surface area contributed by atoms with Crippen molar-refractivity contribution in [2.75, 3.05) is 120 Å². The molecular weight excluding hydrogens is 1030 g/mol. The van der Waals surface area contributed by atoms with Gasteiger partial charge in [0.2, 0.25) is 0 Å². The van der Waals surface area contributed by atoms with Gasteiger partial charge in [-0.15, -0.1) is 0 Å². The minimum absolute atomic E-state index is 0.00770. The molecule has 0 atom stereocenters. The molecule has 0 unspecified atom stereocenters. The van der Waals surface area contributed by atoms with Gasteiger partial charge in [0.1, 0.15) is 34.7 Å². The van der Waals surface area contributed by atoms with Crippen LogP contribution in [0.1, 0.15) is 34.0 Å². The maximum atomic E-state index is 13.5. The second-order valence-corrected chi connectivity index (χ2v) is 19.4. The summed E-state index contributed by atoms with van der Waals surface area (Å²) in [5.41, 5.74) is 4.89. The predicted octanol–water partition coefficient (Wildman–Crippen LogP) is 7.02. The van der Waals surface area contributed by atoms with Gasteiger partial charge in [-0.2, -0.15) is 0 Å². The van der Waals surface area contributed by atoms with E-state index in [1.165, 1.54) is 12.1 Å². The first-order valence-corrected chi connectivity index (χ1v) is 26.8. The number of benzene rings is 5.